The maximum Gasteiger partial charge on any atom is 0.203 e. The molecule has 0 aliphatic rings. The zero-order chi connectivity index (χ0) is 27.1. The predicted octanol–water partition coefficient (Wildman–Crippen LogP) is 6.22. The van der Waals surface area contributed by atoms with Crippen LogP contribution in [0.1, 0.15) is 19.4 Å². The largest absolute Gasteiger partial charge is 0.493 e. The summed E-state index contributed by atoms with van der Waals surface area (Å²) in [6.07, 6.45) is 1.68. The Morgan fingerprint density at radius 3 is 2.29 bits per heavy atom. The molecule has 0 unspecified atom stereocenters. The van der Waals surface area contributed by atoms with Crippen LogP contribution in [0.25, 0.3) is 21.8 Å². The molecular formula is C31H36N2O4S. The number of nitrogens with zero attached hydrogens (tertiary/aromatic N) is 2. The van der Waals surface area contributed by atoms with Crippen molar-refractivity contribution >= 4 is 33.6 Å². The maximum absolute atomic E-state index is 13.4. The van der Waals surface area contributed by atoms with Crippen molar-refractivity contribution in [2.24, 2.45) is 0 Å². The lowest BCUT2D eigenvalue weighted by Crippen LogP contribution is -2.25. The Morgan fingerprint density at radius 2 is 1.63 bits per heavy atom. The molecule has 0 saturated carbocycles. The van der Waals surface area contributed by atoms with E-state index in [0.29, 0.717) is 41.2 Å². The van der Waals surface area contributed by atoms with Gasteiger partial charge in [-0.05, 0) is 61.1 Å². The van der Waals surface area contributed by atoms with Crippen LogP contribution in [0.4, 0.5) is 0 Å². The highest BCUT2D eigenvalue weighted by Gasteiger charge is 2.17. The van der Waals surface area contributed by atoms with Gasteiger partial charge in [-0.1, -0.05) is 38.6 Å². The van der Waals surface area contributed by atoms with Crippen LogP contribution in [0.3, 0.4) is 0 Å². The molecule has 0 aliphatic carbocycles. The topological polar surface area (TPSA) is 52.9 Å². The number of fused-ring (bicyclic) bond motifs is 2. The van der Waals surface area contributed by atoms with E-state index in [9.17, 15) is 4.79 Å². The first-order valence-electron chi connectivity index (χ1n) is 12.9. The molecule has 4 rings (SSSR count). The number of thioether (sulfide) groups is 1. The summed E-state index contributed by atoms with van der Waals surface area (Å²) in [6.45, 7) is 12.1. The molecule has 0 N–H and O–H groups in total. The van der Waals surface area contributed by atoms with Gasteiger partial charge in [-0.25, -0.2) is 0 Å². The molecule has 0 saturated heterocycles. The van der Waals surface area contributed by atoms with Crippen molar-refractivity contribution in [3.05, 3.63) is 83.0 Å². The SMILES string of the molecule is C=CCOc1c(OC)cc(Cn2c3ccccc3c(=O)c3ccc(SCCN(CC)CC)cc32)cc1OC. The quantitative estimate of drug-likeness (QED) is 0.116. The van der Waals surface area contributed by atoms with Gasteiger partial charge in [0.1, 0.15) is 6.61 Å². The number of rotatable bonds is 13. The van der Waals surface area contributed by atoms with Gasteiger partial charge in [0, 0.05) is 34.5 Å². The molecule has 1 aromatic heterocycles. The third kappa shape index (κ3) is 5.84. The standard InChI is InChI=1S/C31H36N2O4S/c1-6-16-37-31-28(35-4)18-22(19-29(31)36-5)21-33-26-12-10-9-11-24(26)30(34)25-14-13-23(20-27(25)33)38-17-15-32(7-2)8-3/h6,9-14,18-20H,1,7-8,15-17,21H2,2-5H3. The van der Waals surface area contributed by atoms with E-state index in [2.05, 4.69) is 42.0 Å². The fourth-order valence-corrected chi connectivity index (χ4v) is 5.63. The van der Waals surface area contributed by atoms with Crippen LogP contribution in [0, 0.1) is 0 Å². The molecule has 0 amide bonds. The van der Waals surface area contributed by atoms with E-state index in [0.717, 1.165) is 46.9 Å². The molecular weight excluding hydrogens is 496 g/mol. The van der Waals surface area contributed by atoms with Crippen LogP contribution >= 0.6 is 11.8 Å². The lowest BCUT2D eigenvalue weighted by molar-refractivity contribution is 0.300. The first-order chi connectivity index (χ1) is 18.5. The van der Waals surface area contributed by atoms with Crippen molar-refractivity contribution in [1.29, 1.82) is 0 Å². The number of hydrogen-bond donors (Lipinski definition) is 0. The fraction of sp³-hybridized carbons (Fsp3) is 0.323. The van der Waals surface area contributed by atoms with Crippen LogP contribution in [-0.4, -0.2) is 55.7 Å². The summed E-state index contributed by atoms with van der Waals surface area (Å²) < 4.78 is 19.3. The summed E-state index contributed by atoms with van der Waals surface area (Å²) in [7, 11) is 3.23. The van der Waals surface area contributed by atoms with Gasteiger partial charge >= 0.3 is 0 Å². The van der Waals surface area contributed by atoms with Crippen molar-refractivity contribution in [3.63, 3.8) is 0 Å². The van der Waals surface area contributed by atoms with Gasteiger partial charge in [0.05, 0.1) is 25.3 Å². The Kier molecular flexibility index (Phi) is 9.37. The van der Waals surface area contributed by atoms with Gasteiger partial charge in [0.25, 0.3) is 0 Å². The second-order valence-electron chi connectivity index (χ2n) is 8.92. The predicted molar refractivity (Wildman–Crippen MR) is 159 cm³/mol. The molecule has 38 heavy (non-hydrogen) atoms. The Balaban J connectivity index is 1.81. The average molecular weight is 533 g/mol. The number of methoxy groups -OCH3 is 2. The molecule has 1 heterocycles. The first-order valence-corrected chi connectivity index (χ1v) is 13.9. The smallest absolute Gasteiger partial charge is 0.203 e. The molecule has 6 nitrogen and oxygen atoms in total. The summed E-state index contributed by atoms with van der Waals surface area (Å²) in [4.78, 5) is 17.0. The second-order valence-corrected chi connectivity index (χ2v) is 10.1. The number of benzene rings is 3. The van der Waals surface area contributed by atoms with E-state index in [1.54, 1.807) is 20.3 Å². The monoisotopic (exact) mass is 532 g/mol. The lowest BCUT2D eigenvalue weighted by Gasteiger charge is -2.19. The first kappa shape index (κ1) is 27.6. The number of para-hydroxylation sites is 1. The molecule has 0 aliphatic heterocycles. The minimum absolute atomic E-state index is 0.0508. The number of hydrogen-bond acceptors (Lipinski definition) is 6. The van der Waals surface area contributed by atoms with Crippen LogP contribution in [0.2, 0.25) is 0 Å². The Bertz CT molecular complexity index is 1450. The number of aromatic nitrogens is 1. The van der Waals surface area contributed by atoms with E-state index in [1.165, 1.54) is 0 Å². The van der Waals surface area contributed by atoms with E-state index in [-0.39, 0.29) is 5.43 Å². The molecule has 0 spiro atoms. The second kappa shape index (κ2) is 12.9. The molecule has 7 heteroatoms. The lowest BCUT2D eigenvalue weighted by atomic mass is 10.1. The summed E-state index contributed by atoms with van der Waals surface area (Å²) in [5, 5.41) is 1.41. The summed E-state index contributed by atoms with van der Waals surface area (Å²) in [5.74, 6) is 2.71. The van der Waals surface area contributed by atoms with Crippen molar-refractivity contribution in [2.45, 2.75) is 25.3 Å². The van der Waals surface area contributed by atoms with E-state index in [4.69, 9.17) is 14.2 Å². The highest BCUT2D eigenvalue weighted by atomic mass is 32.2. The average Bonchev–Trinajstić information content (AvgIpc) is 2.96. The Labute approximate surface area is 228 Å². The van der Waals surface area contributed by atoms with Crippen LogP contribution in [0.15, 0.2) is 76.9 Å². The summed E-state index contributed by atoms with van der Waals surface area (Å²) in [5.41, 5.74) is 2.82. The van der Waals surface area contributed by atoms with Crippen LogP contribution in [-0.2, 0) is 6.54 Å². The Hall–Kier alpha value is -3.42. The maximum atomic E-state index is 13.4. The molecule has 0 fully saturated rings. The highest BCUT2D eigenvalue weighted by molar-refractivity contribution is 7.99. The van der Waals surface area contributed by atoms with Crippen molar-refractivity contribution in [2.75, 3.05) is 46.2 Å². The molecule has 200 valence electrons. The summed E-state index contributed by atoms with van der Waals surface area (Å²) >= 11 is 1.82. The van der Waals surface area contributed by atoms with Gasteiger partial charge in [0.15, 0.2) is 16.9 Å². The minimum Gasteiger partial charge on any atom is -0.493 e. The van der Waals surface area contributed by atoms with Gasteiger partial charge in [-0.15, -0.1) is 11.8 Å². The van der Waals surface area contributed by atoms with Crippen molar-refractivity contribution in [1.82, 2.24) is 9.47 Å². The van der Waals surface area contributed by atoms with Gasteiger partial charge in [0.2, 0.25) is 5.75 Å². The molecule has 0 atom stereocenters. The van der Waals surface area contributed by atoms with E-state index >= 15 is 0 Å². The fourth-order valence-electron chi connectivity index (χ4n) is 4.69. The van der Waals surface area contributed by atoms with Crippen LogP contribution in [0.5, 0.6) is 17.2 Å². The normalized spacial score (nSPS) is 11.3. The van der Waals surface area contributed by atoms with Crippen molar-refractivity contribution < 1.29 is 14.2 Å². The minimum atomic E-state index is 0.0508. The molecule has 3 aromatic carbocycles. The zero-order valence-corrected chi connectivity index (χ0v) is 23.5. The van der Waals surface area contributed by atoms with Crippen LogP contribution < -0.4 is 19.6 Å². The van der Waals surface area contributed by atoms with E-state index < -0.39 is 0 Å². The third-order valence-electron chi connectivity index (χ3n) is 6.72. The van der Waals surface area contributed by atoms with Crippen molar-refractivity contribution in [3.8, 4) is 17.2 Å². The summed E-state index contributed by atoms with van der Waals surface area (Å²) in [6, 6.07) is 17.9. The molecule has 4 aromatic rings. The van der Waals surface area contributed by atoms with E-state index in [1.807, 2.05) is 54.2 Å². The number of ether oxygens (including phenoxy) is 3. The molecule has 0 radical (unpaired) electrons. The molecule has 0 bridgehead atoms. The van der Waals surface area contributed by atoms with Gasteiger partial charge < -0.3 is 23.7 Å². The third-order valence-corrected chi connectivity index (χ3v) is 7.70. The van der Waals surface area contributed by atoms with Gasteiger partial charge in [-0.3, -0.25) is 4.79 Å². The zero-order valence-electron chi connectivity index (χ0n) is 22.7. The highest BCUT2D eigenvalue weighted by Crippen LogP contribution is 2.39. The van der Waals surface area contributed by atoms with Gasteiger partial charge in [-0.2, -0.15) is 0 Å². The Morgan fingerprint density at radius 1 is 0.947 bits per heavy atom. The number of pyridine rings is 1.